The van der Waals surface area contributed by atoms with Crippen molar-refractivity contribution in [2.24, 2.45) is 4.99 Å². The van der Waals surface area contributed by atoms with Crippen LogP contribution in [-0.4, -0.2) is 36.8 Å². The van der Waals surface area contributed by atoms with Gasteiger partial charge in [-0.15, -0.1) is 11.8 Å². The van der Waals surface area contributed by atoms with E-state index in [1.807, 2.05) is 0 Å². The van der Waals surface area contributed by atoms with Gasteiger partial charge in [0.25, 0.3) is 0 Å². The Morgan fingerprint density at radius 1 is 1.29 bits per heavy atom. The molecule has 3 nitrogen and oxygen atoms in total. The third-order valence-electron chi connectivity index (χ3n) is 3.03. The number of aryl methyl sites for hydroxylation is 1. The molecule has 0 aliphatic heterocycles. The van der Waals surface area contributed by atoms with E-state index in [-0.39, 0.29) is 5.69 Å². The first-order valence-corrected chi connectivity index (χ1v) is 7.95. The summed E-state index contributed by atoms with van der Waals surface area (Å²) in [5, 5.41) is 0. The molecule has 1 aromatic carbocycles. The third kappa shape index (κ3) is 4.77. The minimum absolute atomic E-state index is 0.0367. The third-order valence-corrected chi connectivity index (χ3v) is 4.25. The molecular weight excluding hydrogens is 344 g/mol. The van der Waals surface area contributed by atoms with Gasteiger partial charge >= 0.3 is 6.18 Å². The molecule has 0 aliphatic rings. The normalized spacial score (nSPS) is 12.5. The van der Waals surface area contributed by atoms with Crippen molar-refractivity contribution in [3.8, 4) is 0 Å². The minimum atomic E-state index is -4.29. The molecule has 0 saturated carbocycles. The lowest BCUT2D eigenvalue weighted by Crippen LogP contribution is -2.22. The molecule has 24 heavy (non-hydrogen) atoms. The lowest BCUT2D eigenvalue weighted by atomic mass is 10.2. The van der Waals surface area contributed by atoms with E-state index in [1.165, 1.54) is 18.4 Å². The number of rotatable bonds is 4. The van der Waals surface area contributed by atoms with Crippen molar-refractivity contribution in [1.29, 1.82) is 0 Å². The van der Waals surface area contributed by atoms with Gasteiger partial charge in [0.05, 0.1) is 12.0 Å². The van der Waals surface area contributed by atoms with Crippen molar-refractivity contribution in [2.75, 3.05) is 19.8 Å². The lowest BCUT2D eigenvalue weighted by molar-refractivity contribution is -0.105. The molecule has 0 spiro atoms. The maximum atomic E-state index is 14.2. The number of furan rings is 1. The van der Waals surface area contributed by atoms with Gasteiger partial charge in [-0.3, -0.25) is 0 Å². The fraction of sp³-hybridized carbons (Fsp3) is 0.312. The maximum absolute atomic E-state index is 14.2. The predicted octanol–water partition coefficient (Wildman–Crippen LogP) is 5.02. The van der Waals surface area contributed by atoms with Gasteiger partial charge in [0, 0.05) is 19.0 Å². The molecule has 0 atom stereocenters. The topological polar surface area (TPSA) is 28.7 Å². The highest BCUT2D eigenvalue weighted by Crippen LogP contribution is 2.33. The zero-order valence-electron chi connectivity index (χ0n) is 13.3. The summed E-state index contributed by atoms with van der Waals surface area (Å²) >= 11 is 0.612. The second-order valence-corrected chi connectivity index (χ2v) is 6.30. The van der Waals surface area contributed by atoms with Crippen LogP contribution in [0.3, 0.4) is 0 Å². The van der Waals surface area contributed by atoms with Crippen molar-refractivity contribution in [2.45, 2.75) is 18.0 Å². The zero-order chi connectivity index (χ0) is 17.9. The molecule has 1 heterocycles. The first kappa shape index (κ1) is 18.4. The van der Waals surface area contributed by atoms with E-state index >= 15 is 0 Å². The Bertz CT molecular complexity index is 724. The molecule has 0 aliphatic carbocycles. The van der Waals surface area contributed by atoms with Gasteiger partial charge in [-0.2, -0.15) is 13.2 Å². The first-order chi connectivity index (χ1) is 11.2. The standard InChI is InChI=1S/C16H16F4N2OS/c1-10-7-11(17)12(8-14(10)24-9-16(18,19)20)21-15(22(2)3)13-5-4-6-23-13/h4-8H,9H2,1-3H3/b21-15-. The summed E-state index contributed by atoms with van der Waals surface area (Å²) < 4.78 is 56.7. The number of hydrogen-bond donors (Lipinski definition) is 0. The SMILES string of the molecule is Cc1cc(F)c(/N=C(/c2ccco2)N(C)C)cc1SCC(F)(F)F. The van der Waals surface area contributed by atoms with Crippen molar-refractivity contribution < 1.29 is 22.0 Å². The lowest BCUT2D eigenvalue weighted by Gasteiger charge is -2.15. The van der Waals surface area contributed by atoms with Crippen LogP contribution in [0.5, 0.6) is 0 Å². The van der Waals surface area contributed by atoms with E-state index in [9.17, 15) is 17.6 Å². The molecule has 8 heteroatoms. The molecule has 0 fully saturated rings. The molecule has 130 valence electrons. The van der Waals surface area contributed by atoms with Crippen LogP contribution in [0.1, 0.15) is 11.3 Å². The Labute approximate surface area is 141 Å². The number of benzene rings is 1. The van der Waals surface area contributed by atoms with Crippen LogP contribution in [0.2, 0.25) is 0 Å². The van der Waals surface area contributed by atoms with Gasteiger partial charge in [-0.25, -0.2) is 9.38 Å². The Balaban J connectivity index is 2.40. The van der Waals surface area contributed by atoms with Gasteiger partial charge in [0.15, 0.2) is 11.6 Å². The Hall–Kier alpha value is -1.96. The van der Waals surface area contributed by atoms with Gasteiger partial charge < -0.3 is 9.32 Å². The Morgan fingerprint density at radius 2 is 2.00 bits per heavy atom. The monoisotopic (exact) mass is 360 g/mol. The first-order valence-electron chi connectivity index (χ1n) is 6.97. The van der Waals surface area contributed by atoms with E-state index in [2.05, 4.69) is 4.99 Å². The highest BCUT2D eigenvalue weighted by molar-refractivity contribution is 7.99. The molecule has 0 unspecified atom stereocenters. The zero-order valence-corrected chi connectivity index (χ0v) is 14.1. The van der Waals surface area contributed by atoms with Crippen LogP contribution < -0.4 is 0 Å². The summed E-state index contributed by atoms with van der Waals surface area (Å²) in [4.78, 5) is 6.20. The summed E-state index contributed by atoms with van der Waals surface area (Å²) in [6.45, 7) is 1.56. The Kier molecular flexibility index (Phi) is 5.58. The highest BCUT2D eigenvalue weighted by Gasteiger charge is 2.27. The number of halogens is 4. The second kappa shape index (κ2) is 7.29. The summed E-state index contributed by atoms with van der Waals surface area (Å²) in [6, 6.07) is 5.86. The number of hydrogen-bond acceptors (Lipinski definition) is 3. The fourth-order valence-corrected chi connectivity index (χ4v) is 2.74. The summed E-state index contributed by atoms with van der Waals surface area (Å²) in [6.07, 6.45) is -2.83. The number of thioether (sulfide) groups is 1. The number of nitrogens with zero attached hydrogens (tertiary/aromatic N) is 2. The van der Waals surface area contributed by atoms with Crippen molar-refractivity contribution >= 4 is 23.3 Å². The number of aliphatic imine (C=N–C) groups is 1. The molecular formula is C16H16F4N2OS. The minimum Gasteiger partial charge on any atom is -0.461 e. The van der Waals surface area contributed by atoms with E-state index in [1.54, 1.807) is 38.1 Å². The van der Waals surface area contributed by atoms with Crippen LogP contribution >= 0.6 is 11.8 Å². The molecule has 0 radical (unpaired) electrons. The van der Waals surface area contributed by atoms with Crippen LogP contribution in [-0.2, 0) is 0 Å². The quantitative estimate of drug-likeness (QED) is 0.332. The van der Waals surface area contributed by atoms with Gasteiger partial charge in [-0.1, -0.05) is 0 Å². The van der Waals surface area contributed by atoms with E-state index in [4.69, 9.17) is 4.42 Å². The summed E-state index contributed by atoms with van der Waals surface area (Å²) in [5.74, 6) is -0.838. The molecule has 2 rings (SSSR count). The van der Waals surface area contributed by atoms with Crippen molar-refractivity contribution in [1.82, 2.24) is 4.90 Å². The number of amidine groups is 1. The van der Waals surface area contributed by atoms with Crippen molar-refractivity contribution in [3.05, 3.63) is 47.7 Å². The fourth-order valence-electron chi connectivity index (χ4n) is 1.94. The molecule has 0 amide bonds. The molecule has 0 bridgehead atoms. The molecule has 0 saturated heterocycles. The molecule has 1 aromatic heterocycles. The van der Waals surface area contributed by atoms with Crippen LogP contribution in [0.15, 0.2) is 44.8 Å². The Morgan fingerprint density at radius 3 is 2.54 bits per heavy atom. The largest absolute Gasteiger partial charge is 0.461 e. The van der Waals surface area contributed by atoms with Gasteiger partial charge in [-0.05, 0) is 36.8 Å². The van der Waals surface area contributed by atoms with Crippen LogP contribution in [0, 0.1) is 12.7 Å². The second-order valence-electron chi connectivity index (χ2n) is 5.28. The maximum Gasteiger partial charge on any atom is 0.398 e. The summed E-state index contributed by atoms with van der Waals surface area (Å²) in [5.41, 5.74) is 0.399. The van der Waals surface area contributed by atoms with Gasteiger partial charge in [0.1, 0.15) is 11.5 Å². The van der Waals surface area contributed by atoms with E-state index < -0.39 is 17.7 Å². The van der Waals surface area contributed by atoms with Crippen LogP contribution in [0.25, 0.3) is 0 Å². The smallest absolute Gasteiger partial charge is 0.398 e. The molecule has 2 aromatic rings. The van der Waals surface area contributed by atoms with E-state index in [0.717, 1.165) is 0 Å². The average Bonchev–Trinajstić information content (AvgIpc) is 2.97. The van der Waals surface area contributed by atoms with Crippen LogP contribution in [0.4, 0.5) is 23.2 Å². The van der Waals surface area contributed by atoms with Crippen molar-refractivity contribution in [3.63, 3.8) is 0 Å². The molecule has 0 N–H and O–H groups in total. The highest BCUT2D eigenvalue weighted by atomic mass is 32.2. The summed E-state index contributed by atoms with van der Waals surface area (Å²) in [7, 11) is 3.43. The average molecular weight is 360 g/mol. The predicted molar refractivity (Wildman–Crippen MR) is 86.5 cm³/mol. The van der Waals surface area contributed by atoms with Gasteiger partial charge in [0.2, 0.25) is 0 Å². The van der Waals surface area contributed by atoms with E-state index in [0.29, 0.717) is 33.8 Å². The number of alkyl halides is 3.